The van der Waals surface area contributed by atoms with Gasteiger partial charge in [0.25, 0.3) is 0 Å². The van der Waals surface area contributed by atoms with Crippen molar-refractivity contribution in [1.29, 1.82) is 0 Å². The van der Waals surface area contributed by atoms with Gasteiger partial charge in [0.15, 0.2) is 0 Å². The summed E-state index contributed by atoms with van der Waals surface area (Å²) in [7, 11) is 0. The van der Waals surface area contributed by atoms with Gasteiger partial charge in [-0.25, -0.2) is 9.18 Å². The Bertz CT molecular complexity index is 392. The van der Waals surface area contributed by atoms with Crippen LogP contribution < -0.4 is 16.0 Å². The third-order valence-corrected chi connectivity index (χ3v) is 6.09. The van der Waals surface area contributed by atoms with Crippen LogP contribution >= 0.6 is 0 Å². The van der Waals surface area contributed by atoms with E-state index in [9.17, 15) is 9.18 Å². The number of alkyl halides is 1. The van der Waals surface area contributed by atoms with Crippen LogP contribution in [0.25, 0.3) is 0 Å². The summed E-state index contributed by atoms with van der Waals surface area (Å²) in [6.07, 6.45) is 7.40. The van der Waals surface area contributed by atoms with Crippen molar-refractivity contribution < 1.29 is 9.18 Å². The van der Waals surface area contributed by atoms with Crippen molar-refractivity contribution >= 4 is 6.03 Å². The highest BCUT2D eigenvalue weighted by Crippen LogP contribution is 2.55. The van der Waals surface area contributed by atoms with Gasteiger partial charge in [-0.2, -0.15) is 0 Å². The molecule has 1 heterocycles. The Balaban J connectivity index is 1.30. The number of rotatable bonds is 3. The molecule has 4 aliphatic carbocycles. The van der Waals surface area contributed by atoms with Crippen LogP contribution in [-0.4, -0.2) is 36.9 Å². The van der Waals surface area contributed by atoms with Crippen LogP contribution in [0.15, 0.2) is 0 Å². The van der Waals surface area contributed by atoms with Gasteiger partial charge in [0.1, 0.15) is 6.17 Å². The summed E-state index contributed by atoms with van der Waals surface area (Å²) in [5.41, 5.74) is 0.0601. The van der Waals surface area contributed by atoms with Crippen molar-refractivity contribution in [3.8, 4) is 0 Å². The summed E-state index contributed by atoms with van der Waals surface area (Å²) in [6.45, 7) is 0.946. The SMILES string of the molecule is O=C(NC[C@@H]1C[C@H](F)CN1)NC12CC3CC(CC(C3)C1)C2. The van der Waals surface area contributed by atoms with Crippen LogP contribution in [0.3, 0.4) is 0 Å². The number of amides is 2. The zero-order valence-electron chi connectivity index (χ0n) is 12.5. The van der Waals surface area contributed by atoms with Gasteiger partial charge in [0, 0.05) is 24.7 Å². The van der Waals surface area contributed by atoms with Crippen molar-refractivity contribution in [3.63, 3.8) is 0 Å². The third-order valence-electron chi connectivity index (χ3n) is 6.09. The lowest BCUT2D eigenvalue weighted by Crippen LogP contribution is -2.61. The van der Waals surface area contributed by atoms with Crippen LogP contribution in [0.2, 0.25) is 0 Å². The van der Waals surface area contributed by atoms with Gasteiger partial charge in [0.2, 0.25) is 0 Å². The van der Waals surface area contributed by atoms with E-state index in [0.29, 0.717) is 19.5 Å². The Labute approximate surface area is 125 Å². The molecule has 2 atom stereocenters. The van der Waals surface area contributed by atoms with Gasteiger partial charge < -0.3 is 16.0 Å². The maximum Gasteiger partial charge on any atom is 0.315 e. The molecule has 0 radical (unpaired) electrons. The number of carbonyl (C=O) groups is 1. The van der Waals surface area contributed by atoms with Crippen LogP contribution in [0, 0.1) is 17.8 Å². The normalized spacial score (nSPS) is 47.6. The smallest absolute Gasteiger partial charge is 0.315 e. The minimum atomic E-state index is -0.761. The lowest BCUT2D eigenvalue weighted by atomic mass is 9.53. The number of carbonyl (C=O) groups excluding carboxylic acids is 1. The zero-order valence-corrected chi connectivity index (χ0v) is 12.5. The number of hydrogen-bond acceptors (Lipinski definition) is 2. The molecular weight excluding hydrogens is 269 g/mol. The van der Waals surface area contributed by atoms with Crippen molar-refractivity contribution in [2.75, 3.05) is 13.1 Å². The van der Waals surface area contributed by atoms with Gasteiger partial charge in [-0.3, -0.25) is 0 Å². The van der Waals surface area contributed by atoms with Crippen LogP contribution in [0.1, 0.15) is 44.9 Å². The molecule has 5 fully saturated rings. The van der Waals surface area contributed by atoms with Gasteiger partial charge in [-0.1, -0.05) is 0 Å². The van der Waals surface area contributed by atoms with Crippen LogP contribution in [0.4, 0.5) is 9.18 Å². The fourth-order valence-electron chi connectivity index (χ4n) is 5.69. The van der Waals surface area contributed by atoms with Crippen molar-refractivity contribution in [3.05, 3.63) is 0 Å². The summed E-state index contributed by atoms with van der Waals surface area (Å²) in [5, 5.41) is 9.33. The molecule has 5 heteroatoms. The number of halogens is 1. The summed E-state index contributed by atoms with van der Waals surface area (Å²) in [6, 6.07) is 0.0307. The highest BCUT2D eigenvalue weighted by Gasteiger charge is 2.51. The molecule has 4 bridgehead atoms. The first kappa shape index (κ1) is 13.8. The molecule has 4 saturated carbocycles. The average molecular weight is 295 g/mol. The second-order valence-electron chi connectivity index (χ2n) is 7.97. The third kappa shape index (κ3) is 2.77. The van der Waals surface area contributed by atoms with E-state index in [0.717, 1.165) is 17.8 Å². The standard InChI is InChI=1S/C16H26FN3O/c17-13-4-14(18-8-13)9-19-15(21)20-16-5-10-1-11(6-16)3-12(2-10)7-16/h10-14,18H,1-9H2,(H2,19,20,21)/t10?,11?,12?,13-,14-,16?/m0/s1. The van der Waals surface area contributed by atoms with E-state index in [-0.39, 0.29) is 17.6 Å². The van der Waals surface area contributed by atoms with Crippen molar-refractivity contribution in [2.45, 2.75) is 62.7 Å². The lowest BCUT2D eigenvalue weighted by Gasteiger charge is -2.56. The largest absolute Gasteiger partial charge is 0.337 e. The maximum atomic E-state index is 13.1. The monoisotopic (exact) mass is 295 g/mol. The summed E-state index contributed by atoms with van der Waals surface area (Å²) >= 11 is 0. The quantitative estimate of drug-likeness (QED) is 0.745. The molecule has 0 aromatic heterocycles. The van der Waals surface area contributed by atoms with E-state index in [1.165, 1.54) is 38.5 Å². The number of hydrogen-bond donors (Lipinski definition) is 3. The molecule has 0 aromatic rings. The Morgan fingerprint density at radius 2 is 1.71 bits per heavy atom. The predicted octanol–water partition coefficient (Wildman–Crippen LogP) is 1.95. The minimum Gasteiger partial charge on any atom is -0.337 e. The fraction of sp³-hybridized carbons (Fsp3) is 0.938. The summed E-state index contributed by atoms with van der Waals surface area (Å²) in [5.74, 6) is 2.50. The molecule has 118 valence electrons. The lowest BCUT2D eigenvalue weighted by molar-refractivity contribution is -0.0135. The van der Waals surface area contributed by atoms with Gasteiger partial charge in [-0.05, 0) is 62.7 Å². The minimum absolute atomic E-state index is 0.0546. The first-order valence-electron chi connectivity index (χ1n) is 8.54. The molecule has 1 saturated heterocycles. The molecule has 0 aromatic carbocycles. The molecule has 4 nitrogen and oxygen atoms in total. The summed E-state index contributed by atoms with van der Waals surface area (Å²) in [4.78, 5) is 12.2. The van der Waals surface area contributed by atoms with E-state index >= 15 is 0 Å². The van der Waals surface area contributed by atoms with Gasteiger partial charge in [0.05, 0.1) is 0 Å². The Morgan fingerprint density at radius 1 is 1.10 bits per heavy atom. The van der Waals surface area contributed by atoms with E-state index in [1.807, 2.05) is 0 Å². The van der Waals surface area contributed by atoms with Crippen LogP contribution in [0.5, 0.6) is 0 Å². The maximum absolute atomic E-state index is 13.1. The van der Waals surface area contributed by atoms with E-state index in [1.54, 1.807) is 0 Å². The molecule has 21 heavy (non-hydrogen) atoms. The molecule has 5 rings (SSSR count). The van der Waals surface area contributed by atoms with E-state index in [4.69, 9.17) is 0 Å². The molecular formula is C16H26FN3O. The van der Waals surface area contributed by atoms with Crippen LogP contribution in [-0.2, 0) is 0 Å². The molecule has 2 amide bonds. The molecule has 3 N–H and O–H groups in total. The first-order valence-corrected chi connectivity index (χ1v) is 8.54. The molecule has 5 aliphatic rings. The second kappa shape index (κ2) is 5.11. The molecule has 0 unspecified atom stereocenters. The average Bonchev–Trinajstić information content (AvgIpc) is 2.80. The van der Waals surface area contributed by atoms with E-state index in [2.05, 4.69) is 16.0 Å². The first-order chi connectivity index (χ1) is 10.1. The highest BCUT2D eigenvalue weighted by molar-refractivity contribution is 5.75. The second-order valence-corrected chi connectivity index (χ2v) is 7.97. The highest BCUT2D eigenvalue weighted by atomic mass is 19.1. The number of urea groups is 1. The van der Waals surface area contributed by atoms with Crippen molar-refractivity contribution in [1.82, 2.24) is 16.0 Å². The van der Waals surface area contributed by atoms with Crippen molar-refractivity contribution in [2.24, 2.45) is 17.8 Å². The Kier molecular flexibility index (Phi) is 3.36. The zero-order chi connectivity index (χ0) is 14.4. The van der Waals surface area contributed by atoms with Gasteiger partial charge in [-0.15, -0.1) is 0 Å². The molecule has 0 spiro atoms. The Morgan fingerprint density at radius 3 is 2.24 bits per heavy atom. The fourth-order valence-corrected chi connectivity index (χ4v) is 5.69. The van der Waals surface area contributed by atoms with Gasteiger partial charge >= 0.3 is 6.03 Å². The number of nitrogens with one attached hydrogen (secondary N) is 3. The summed E-state index contributed by atoms with van der Waals surface area (Å²) < 4.78 is 13.1. The topological polar surface area (TPSA) is 53.2 Å². The predicted molar refractivity (Wildman–Crippen MR) is 78.7 cm³/mol. The van der Waals surface area contributed by atoms with E-state index < -0.39 is 6.17 Å². The Hall–Kier alpha value is -0.840. The molecule has 1 aliphatic heterocycles.